The fraction of sp³-hybridized carbons (Fsp3) is 0.312. The second-order valence-electron chi connectivity index (χ2n) is 10.9. The summed E-state index contributed by atoms with van der Waals surface area (Å²) in [6.07, 6.45) is -10.5. The molecule has 17 heteroatoms. The first kappa shape index (κ1) is 38.3. The highest BCUT2D eigenvalue weighted by Crippen LogP contribution is 2.36. The number of carbonyl (C=O) groups is 4. The van der Waals surface area contributed by atoms with E-state index in [4.69, 9.17) is 10.5 Å². The number of esters is 1. The Hall–Kier alpha value is -5.19. The summed E-state index contributed by atoms with van der Waals surface area (Å²) in [6.45, 7) is -0.441. The minimum absolute atomic E-state index is 0.0212. The number of hydrogen-bond acceptors (Lipinski definition) is 7. The van der Waals surface area contributed by atoms with Crippen molar-refractivity contribution >= 4 is 23.7 Å². The van der Waals surface area contributed by atoms with Crippen LogP contribution in [-0.2, 0) is 55.7 Å². The molecule has 3 rings (SSSR count). The highest BCUT2D eigenvalue weighted by molar-refractivity contribution is 5.92. The van der Waals surface area contributed by atoms with Crippen molar-refractivity contribution < 1.29 is 59.8 Å². The van der Waals surface area contributed by atoms with Crippen molar-refractivity contribution in [2.24, 2.45) is 5.73 Å². The Balaban J connectivity index is 1.63. The van der Waals surface area contributed by atoms with Crippen LogP contribution in [0.15, 0.2) is 66.7 Å². The molecule has 49 heavy (non-hydrogen) atoms. The third-order valence-corrected chi connectivity index (χ3v) is 6.91. The zero-order chi connectivity index (χ0) is 36.5. The number of amides is 3. The SMILES string of the molecule is C[C@@H](NC(=O)[C@@H](N)Cc1ccc(O)cc1)C(=O)NCC(=O)N[C@@H](Cc1ccc(F)cc1)C(=O)OCc1cc(C(F)(F)F)cc(C(F)(F)F)c1. The normalized spacial score (nSPS) is 13.5. The molecule has 3 atom stereocenters. The summed E-state index contributed by atoms with van der Waals surface area (Å²) in [5.41, 5.74) is 2.96. The maximum atomic E-state index is 13.4. The van der Waals surface area contributed by atoms with Gasteiger partial charge in [-0.05, 0) is 72.5 Å². The number of benzene rings is 3. The van der Waals surface area contributed by atoms with E-state index in [0.717, 1.165) is 12.1 Å². The van der Waals surface area contributed by atoms with E-state index in [1.165, 1.54) is 31.2 Å². The number of ether oxygens (including phenoxy) is 1. The number of nitrogens with two attached hydrogens (primary N) is 1. The van der Waals surface area contributed by atoms with Crippen LogP contribution >= 0.6 is 0 Å². The number of aromatic hydroxyl groups is 1. The van der Waals surface area contributed by atoms with Gasteiger partial charge in [0, 0.05) is 6.42 Å². The first-order valence-electron chi connectivity index (χ1n) is 14.4. The highest BCUT2D eigenvalue weighted by atomic mass is 19.4. The van der Waals surface area contributed by atoms with Gasteiger partial charge in [-0.3, -0.25) is 14.4 Å². The first-order chi connectivity index (χ1) is 22.8. The first-order valence-corrected chi connectivity index (χ1v) is 14.4. The van der Waals surface area contributed by atoms with Crippen LogP contribution in [0.4, 0.5) is 30.7 Å². The number of rotatable bonds is 13. The summed E-state index contributed by atoms with van der Waals surface area (Å²) in [7, 11) is 0. The zero-order valence-corrected chi connectivity index (χ0v) is 25.6. The van der Waals surface area contributed by atoms with Crippen LogP contribution < -0.4 is 21.7 Å². The van der Waals surface area contributed by atoms with Gasteiger partial charge in [0.05, 0.1) is 23.7 Å². The molecule has 0 aliphatic carbocycles. The predicted octanol–water partition coefficient (Wildman–Crippen LogP) is 3.53. The molecule has 0 bridgehead atoms. The third-order valence-electron chi connectivity index (χ3n) is 6.91. The van der Waals surface area contributed by atoms with E-state index in [1.807, 2.05) is 0 Å². The van der Waals surface area contributed by atoms with Crippen LogP contribution in [0.3, 0.4) is 0 Å². The van der Waals surface area contributed by atoms with E-state index >= 15 is 0 Å². The molecule has 0 radical (unpaired) electrons. The number of hydrogen-bond donors (Lipinski definition) is 5. The Morgan fingerprint density at radius 3 is 1.86 bits per heavy atom. The quantitative estimate of drug-likeness (QED) is 0.135. The minimum atomic E-state index is -5.14. The maximum Gasteiger partial charge on any atom is 0.416 e. The lowest BCUT2D eigenvalue weighted by atomic mass is 10.0. The fourth-order valence-corrected chi connectivity index (χ4v) is 4.34. The molecule has 0 unspecified atom stereocenters. The molecular weight excluding hydrogens is 669 g/mol. The monoisotopic (exact) mass is 700 g/mol. The Morgan fingerprint density at radius 1 is 0.776 bits per heavy atom. The Labute approximate surface area is 274 Å². The minimum Gasteiger partial charge on any atom is -0.508 e. The molecule has 3 amide bonds. The largest absolute Gasteiger partial charge is 0.508 e. The van der Waals surface area contributed by atoms with Crippen LogP contribution in [0, 0.1) is 5.82 Å². The van der Waals surface area contributed by atoms with Gasteiger partial charge in [0.15, 0.2) is 0 Å². The van der Waals surface area contributed by atoms with Crippen LogP contribution in [-0.4, -0.2) is 53.5 Å². The molecule has 0 aromatic heterocycles. The molecule has 3 aromatic carbocycles. The van der Waals surface area contributed by atoms with E-state index < -0.39 is 89.8 Å². The van der Waals surface area contributed by atoms with E-state index in [-0.39, 0.29) is 24.7 Å². The molecule has 0 fully saturated rings. The molecule has 0 spiro atoms. The van der Waals surface area contributed by atoms with Gasteiger partial charge in [-0.15, -0.1) is 0 Å². The lowest BCUT2D eigenvalue weighted by Gasteiger charge is -2.20. The average Bonchev–Trinajstić information content (AvgIpc) is 3.03. The van der Waals surface area contributed by atoms with Gasteiger partial charge < -0.3 is 31.5 Å². The molecule has 0 saturated carbocycles. The van der Waals surface area contributed by atoms with Crippen LogP contribution in [0.25, 0.3) is 0 Å². The molecule has 0 saturated heterocycles. The van der Waals surface area contributed by atoms with Crippen LogP contribution in [0.1, 0.15) is 34.7 Å². The summed E-state index contributed by atoms with van der Waals surface area (Å²) in [6, 6.07) is 7.45. The molecule has 3 aromatic rings. The summed E-state index contributed by atoms with van der Waals surface area (Å²) in [4.78, 5) is 50.6. The third kappa shape index (κ3) is 12.1. The Kier molecular flexibility index (Phi) is 12.7. The number of phenols is 1. The average molecular weight is 701 g/mol. The fourth-order valence-electron chi connectivity index (χ4n) is 4.34. The molecular formula is C32H31F7N4O6. The molecule has 0 heterocycles. The molecule has 6 N–H and O–H groups in total. The second kappa shape index (κ2) is 16.3. The lowest BCUT2D eigenvalue weighted by Crippen LogP contribution is -2.53. The van der Waals surface area contributed by atoms with E-state index in [2.05, 4.69) is 16.0 Å². The van der Waals surface area contributed by atoms with Gasteiger partial charge >= 0.3 is 18.3 Å². The Bertz CT molecular complexity index is 1600. The number of phenolic OH excluding ortho intramolecular Hbond substituents is 1. The van der Waals surface area contributed by atoms with Crippen LogP contribution in [0.5, 0.6) is 5.75 Å². The highest BCUT2D eigenvalue weighted by Gasteiger charge is 2.37. The summed E-state index contributed by atoms with van der Waals surface area (Å²) < 4.78 is 97.8. The predicted molar refractivity (Wildman–Crippen MR) is 159 cm³/mol. The molecule has 264 valence electrons. The van der Waals surface area contributed by atoms with Crippen molar-refractivity contribution in [1.82, 2.24) is 16.0 Å². The second-order valence-corrected chi connectivity index (χ2v) is 10.9. The molecule has 10 nitrogen and oxygen atoms in total. The number of nitrogens with one attached hydrogen (secondary N) is 3. The van der Waals surface area contributed by atoms with Gasteiger partial charge in [0.2, 0.25) is 17.7 Å². The van der Waals surface area contributed by atoms with Crippen molar-refractivity contribution in [3.8, 4) is 5.75 Å². The zero-order valence-electron chi connectivity index (χ0n) is 25.6. The van der Waals surface area contributed by atoms with Crippen molar-refractivity contribution in [3.63, 3.8) is 0 Å². The van der Waals surface area contributed by atoms with Crippen molar-refractivity contribution in [1.29, 1.82) is 0 Å². The number of halogens is 7. The standard InChI is InChI=1S/C32H31F7N4O6/c1-17(42-29(47)25(40)12-18-4-8-24(44)9-5-18)28(46)41-15-27(45)43-26(13-19-2-6-23(33)7-3-19)30(48)49-16-20-10-21(31(34,35)36)14-22(11-20)32(37,38)39/h2-11,14,17,25-26,44H,12-13,15-16,40H2,1H3,(H,41,46)(H,42,47)(H,43,45)/t17-,25+,26+/m1/s1. The van der Waals surface area contributed by atoms with Gasteiger partial charge in [-0.25, -0.2) is 9.18 Å². The van der Waals surface area contributed by atoms with Crippen molar-refractivity contribution in [2.45, 2.75) is 56.9 Å². The van der Waals surface area contributed by atoms with E-state index in [9.17, 15) is 55.0 Å². The summed E-state index contributed by atoms with van der Waals surface area (Å²) in [5, 5.41) is 16.3. The van der Waals surface area contributed by atoms with Crippen molar-refractivity contribution in [2.75, 3.05) is 6.54 Å². The van der Waals surface area contributed by atoms with Gasteiger partial charge in [0.25, 0.3) is 0 Å². The Morgan fingerprint density at radius 2 is 1.31 bits per heavy atom. The number of carbonyl (C=O) groups excluding carboxylic acids is 4. The van der Waals surface area contributed by atoms with Gasteiger partial charge in [-0.1, -0.05) is 24.3 Å². The number of alkyl halides is 6. The maximum absolute atomic E-state index is 13.4. The summed E-state index contributed by atoms with van der Waals surface area (Å²) >= 11 is 0. The van der Waals surface area contributed by atoms with Crippen LogP contribution in [0.2, 0.25) is 0 Å². The molecule has 0 aliphatic rings. The molecule has 0 aliphatic heterocycles. The smallest absolute Gasteiger partial charge is 0.416 e. The van der Waals surface area contributed by atoms with E-state index in [1.54, 1.807) is 12.1 Å². The van der Waals surface area contributed by atoms with Gasteiger partial charge in [-0.2, -0.15) is 26.3 Å². The van der Waals surface area contributed by atoms with Gasteiger partial charge in [0.1, 0.15) is 30.3 Å². The van der Waals surface area contributed by atoms with E-state index in [0.29, 0.717) is 23.3 Å². The summed E-state index contributed by atoms with van der Waals surface area (Å²) in [5.74, 6) is -4.32. The topological polar surface area (TPSA) is 160 Å². The van der Waals surface area contributed by atoms with Crippen molar-refractivity contribution in [3.05, 3.63) is 100 Å². The lowest BCUT2D eigenvalue weighted by molar-refractivity contribution is -0.149.